The van der Waals surface area contributed by atoms with Crippen molar-refractivity contribution in [3.05, 3.63) is 57.7 Å². The van der Waals surface area contributed by atoms with Crippen LogP contribution in [0.3, 0.4) is 0 Å². The highest BCUT2D eigenvalue weighted by atomic mass is 32.1. The van der Waals surface area contributed by atoms with Gasteiger partial charge in [-0.15, -0.1) is 11.3 Å². The van der Waals surface area contributed by atoms with Crippen LogP contribution in [-0.4, -0.2) is 50.7 Å². The average molecular weight is 384 g/mol. The number of nitrogens with zero attached hydrogens (tertiary/aromatic N) is 4. The number of H-pyrrole nitrogens is 1. The van der Waals surface area contributed by atoms with Crippen molar-refractivity contribution in [1.29, 1.82) is 0 Å². The van der Waals surface area contributed by atoms with Gasteiger partial charge in [-0.3, -0.25) is 4.79 Å². The van der Waals surface area contributed by atoms with E-state index in [1.807, 2.05) is 35.2 Å². The summed E-state index contributed by atoms with van der Waals surface area (Å²) in [6.45, 7) is 1.23. The molecular formula is C18H20N6O2S. The number of hydrogen-bond acceptors (Lipinski definition) is 6. The second kappa shape index (κ2) is 7.36. The molecule has 0 saturated carbocycles. The number of anilines is 1. The number of para-hydroxylation sites is 1. The Morgan fingerprint density at radius 1 is 1.26 bits per heavy atom. The fourth-order valence-corrected chi connectivity index (χ4v) is 4.04. The van der Waals surface area contributed by atoms with E-state index < -0.39 is 0 Å². The number of carbonyl (C=O) groups is 1. The largest absolute Gasteiger partial charge is 0.365 e. The summed E-state index contributed by atoms with van der Waals surface area (Å²) >= 11 is 1.42. The number of thiazole rings is 1. The topological polar surface area (TPSA) is 95.9 Å². The second-order valence-corrected chi connectivity index (χ2v) is 7.27. The molecule has 4 rings (SSSR count). The highest BCUT2D eigenvalue weighted by Crippen LogP contribution is 2.28. The van der Waals surface area contributed by atoms with E-state index in [9.17, 15) is 9.59 Å². The smallest absolute Gasteiger partial charge is 0.347 e. The molecule has 3 heterocycles. The molecule has 1 saturated heterocycles. The number of aromatic amines is 1. The lowest BCUT2D eigenvalue weighted by Crippen LogP contribution is -2.38. The summed E-state index contributed by atoms with van der Waals surface area (Å²) in [4.78, 5) is 31.0. The summed E-state index contributed by atoms with van der Waals surface area (Å²) in [7, 11) is 1.79. The van der Waals surface area contributed by atoms with Crippen LogP contribution in [0.25, 0.3) is 5.69 Å². The Labute approximate surface area is 159 Å². The number of nitrogens with one attached hydrogen (secondary N) is 2. The van der Waals surface area contributed by atoms with Crippen LogP contribution in [0.15, 0.2) is 40.5 Å². The first kappa shape index (κ1) is 17.5. The van der Waals surface area contributed by atoms with E-state index in [-0.39, 0.29) is 17.5 Å². The predicted molar refractivity (Wildman–Crippen MR) is 104 cm³/mol. The fourth-order valence-electron chi connectivity index (χ4n) is 3.40. The number of carbonyl (C=O) groups excluding carboxylic acids is 1. The molecule has 1 aromatic carbocycles. The predicted octanol–water partition coefficient (Wildman–Crippen LogP) is 2.08. The summed E-state index contributed by atoms with van der Waals surface area (Å²) in [5.74, 6) is 0.801. The summed E-state index contributed by atoms with van der Waals surface area (Å²) < 4.78 is 1.63. The van der Waals surface area contributed by atoms with E-state index in [0.717, 1.165) is 29.5 Å². The van der Waals surface area contributed by atoms with Crippen molar-refractivity contribution in [2.24, 2.45) is 0 Å². The highest BCUT2D eigenvalue weighted by molar-refractivity contribution is 7.13. The molecule has 1 fully saturated rings. The molecule has 0 spiro atoms. The number of benzene rings is 1. The van der Waals surface area contributed by atoms with Gasteiger partial charge in [-0.2, -0.15) is 5.10 Å². The van der Waals surface area contributed by atoms with Gasteiger partial charge in [0.25, 0.3) is 5.91 Å². The van der Waals surface area contributed by atoms with Crippen LogP contribution in [0.4, 0.5) is 5.13 Å². The van der Waals surface area contributed by atoms with E-state index >= 15 is 0 Å². The lowest BCUT2D eigenvalue weighted by atomic mass is 9.95. The van der Waals surface area contributed by atoms with Crippen molar-refractivity contribution < 1.29 is 4.79 Å². The summed E-state index contributed by atoms with van der Waals surface area (Å²) in [5.41, 5.74) is 1.03. The minimum atomic E-state index is -0.239. The minimum absolute atomic E-state index is 0.0475. The van der Waals surface area contributed by atoms with E-state index in [2.05, 4.69) is 20.5 Å². The van der Waals surface area contributed by atoms with Gasteiger partial charge in [-0.05, 0) is 25.0 Å². The maximum Gasteiger partial charge on any atom is 0.347 e. The van der Waals surface area contributed by atoms with Gasteiger partial charge in [0.05, 0.1) is 5.69 Å². The second-order valence-electron chi connectivity index (χ2n) is 6.41. The van der Waals surface area contributed by atoms with Gasteiger partial charge in [0.15, 0.2) is 5.13 Å². The van der Waals surface area contributed by atoms with Crippen molar-refractivity contribution in [3.63, 3.8) is 0 Å². The van der Waals surface area contributed by atoms with Crippen LogP contribution < -0.4 is 11.0 Å². The van der Waals surface area contributed by atoms with Crippen LogP contribution >= 0.6 is 11.3 Å². The maximum atomic E-state index is 12.6. The molecule has 2 aromatic heterocycles. The van der Waals surface area contributed by atoms with Crippen LogP contribution in [-0.2, 0) is 0 Å². The Bertz CT molecular complexity index is 985. The summed E-state index contributed by atoms with van der Waals surface area (Å²) in [6, 6.07) is 9.48. The van der Waals surface area contributed by atoms with Gasteiger partial charge in [0, 0.05) is 31.4 Å². The first-order valence-corrected chi connectivity index (χ1v) is 9.70. The van der Waals surface area contributed by atoms with Gasteiger partial charge >= 0.3 is 5.69 Å². The maximum absolute atomic E-state index is 12.6. The van der Waals surface area contributed by atoms with E-state index in [0.29, 0.717) is 18.8 Å². The lowest BCUT2D eigenvalue weighted by Gasteiger charge is -2.31. The van der Waals surface area contributed by atoms with Gasteiger partial charge in [0.1, 0.15) is 11.5 Å². The molecule has 0 radical (unpaired) electrons. The van der Waals surface area contributed by atoms with Gasteiger partial charge < -0.3 is 10.2 Å². The molecule has 0 bridgehead atoms. The highest BCUT2D eigenvalue weighted by Gasteiger charge is 2.29. The normalized spacial score (nSPS) is 15.1. The molecule has 27 heavy (non-hydrogen) atoms. The molecule has 1 aliphatic heterocycles. The van der Waals surface area contributed by atoms with Crippen LogP contribution in [0.1, 0.15) is 35.1 Å². The molecule has 1 amide bonds. The minimum Gasteiger partial charge on any atom is -0.365 e. The third-order valence-corrected chi connectivity index (χ3v) is 5.66. The number of aromatic nitrogens is 4. The molecule has 0 atom stereocenters. The number of amides is 1. The molecule has 140 valence electrons. The Morgan fingerprint density at radius 2 is 2.00 bits per heavy atom. The third-order valence-electron chi connectivity index (χ3n) is 4.80. The standard InChI is InChI=1S/C18H20N6O2S/c1-19-17-20-14(11-27-17)16(25)23-9-7-12(8-10-23)15-21-22-18(26)24(15)13-5-3-2-4-6-13/h2-6,11-12H,7-10H2,1H3,(H,19,20)(H,22,26). The third kappa shape index (κ3) is 3.37. The Kier molecular flexibility index (Phi) is 4.76. The van der Waals surface area contributed by atoms with Crippen molar-refractivity contribution >= 4 is 22.4 Å². The first-order chi connectivity index (χ1) is 13.2. The zero-order valence-corrected chi connectivity index (χ0v) is 15.7. The quantitative estimate of drug-likeness (QED) is 0.718. The van der Waals surface area contributed by atoms with Crippen LogP contribution in [0, 0.1) is 0 Å². The monoisotopic (exact) mass is 384 g/mol. The average Bonchev–Trinajstić information content (AvgIpc) is 3.35. The molecule has 2 N–H and O–H groups in total. The molecule has 8 nitrogen and oxygen atoms in total. The van der Waals surface area contributed by atoms with Crippen LogP contribution in [0.2, 0.25) is 0 Å². The van der Waals surface area contributed by atoms with Crippen LogP contribution in [0.5, 0.6) is 0 Å². The van der Waals surface area contributed by atoms with Crippen molar-refractivity contribution in [2.75, 3.05) is 25.5 Å². The number of hydrogen-bond donors (Lipinski definition) is 2. The van der Waals surface area contributed by atoms with E-state index in [4.69, 9.17) is 0 Å². The summed E-state index contributed by atoms with van der Waals surface area (Å²) in [6.07, 6.45) is 1.51. The lowest BCUT2D eigenvalue weighted by molar-refractivity contribution is 0.0705. The summed E-state index contributed by atoms with van der Waals surface area (Å²) in [5, 5.41) is 12.3. The van der Waals surface area contributed by atoms with Crippen molar-refractivity contribution in [1.82, 2.24) is 24.6 Å². The SMILES string of the molecule is CNc1nc(C(=O)N2CCC(c3n[nH]c(=O)n3-c3ccccc3)CC2)cs1. The molecule has 3 aromatic rings. The Hall–Kier alpha value is -2.94. The zero-order chi connectivity index (χ0) is 18.8. The van der Waals surface area contributed by atoms with E-state index in [1.54, 1.807) is 17.0 Å². The van der Waals surface area contributed by atoms with Gasteiger partial charge in [-0.25, -0.2) is 19.4 Å². The van der Waals surface area contributed by atoms with Crippen molar-refractivity contribution in [2.45, 2.75) is 18.8 Å². The molecule has 1 aliphatic rings. The molecule has 9 heteroatoms. The molecule has 0 aliphatic carbocycles. The molecular weight excluding hydrogens is 364 g/mol. The zero-order valence-electron chi connectivity index (χ0n) is 14.9. The molecule has 0 unspecified atom stereocenters. The first-order valence-electron chi connectivity index (χ1n) is 8.82. The Balaban J connectivity index is 1.49. The van der Waals surface area contributed by atoms with E-state index in [1.165, 1.54) is 11.3 Å². The number of piperidine rings is 1. The number of rotatable bonds is 4. The van der Waals surface area contributed by atoms with Crippen molar-refractivity contribution in [3.8, 4) is 5.69 Å². The van der Waals surface area contributed by atoms with Gasteiger partial charge in [-0.1, -0.05) is 18.2 Å². The fraction of sp³-hybridized carbons (Fsp3) is 0.333. The number of likely N-dealkylation sites (tertiary alicyclic amines) is 1. The Morgan fingerprint density at radius 3 is 2.67 bits per heavy atom. The van der Waals surface area contributed by atoms with Gasteiger partial charge in [0.2, 0.25) is 0 Å².